The van der Waals surface area contributed by atoms with E-state index in [-0.39, 0.29) is 23.8 Å². The highest BCUT2D eigenvalue weighted by molar-refractivity contribution is 5.72. The largest absolute Gasteiger partial charge is 0.466 e. The Labute approximate surface area is 302 Å². The molecule has 0 saturated carbocycles. The molecule has 0 aliphatic heterocycles. The van der Waals surface area contributed by atoms with Crippen molar-refractivity contribution in [1.29, 1.82) is 0 Å². The maximum absolute atomic E-state index is 13.2. The van der Waals surface area contributed by atoms with Gasteiger partial charge in [-0.05, 0) is 58.5 Å². The molecule has 8 heteroatoms. The molecule has 290 valence electrons. The summed E-state index contributed by atoms with van der Waals surface area (Å²) in [4.78, 5) is 40.0. The molecular weight excluding hydrogens is 616 g/mol. The molecule has 0 bridgehead atoms. The second-order valence-corrected chi connectivity index (χ2v) is 14.5. The number of alkyl carbamates (subject to hydrolysis) is 1. The molecule has 0 radical (unpaired) electrons. The summed E-state index contributed by atoms with van der Waals surface area (Å²) in [6.45, 7) is 8.90. The van der Waals surface area contributed by atoms with Crippen molar-refractivity contribution in [1.82, 2.24) is 10.2 Å². The molecule has 0 aliphatic rings. The Morgan fingerprint density at radius 3 is 1.51 bits per heavy atom. The van der Waals surface area contributed by atoms with Gasteiger partial charge in [0.1, 0.15) is 0 Å². The number of nitrogens with one attached hydrogen (secondary N) is 1. The zero-order valence-corrected chi connectivity index (χ0v) is 33.0. The van der Waals surface area contributed by atoms with E-state index >= 15 is 0 Å². The first kappa shape index (κ1) is 47.2. The number of rotatable bonds is 36. The van der Waals surface area contributed by atoms with Crippen molar-refractivity contribution >= 4 is 18.0 Å². The molecule has 1 N–H and O–H groups in total. The van der Waals surface area contributed by atoms with Crippen LogP contribution in [0.5, 0.6) is 0 Å². The first-order valence-electron chi connectivity index (χ1n) is 20.7. The summed E-state index contributed by atoms with van der Waals surface area (Å²) in [5.41, 5.74) is 0. The zero-order valence-electron chi connectivity index (χ0n) is 33.0. The molecule has 0 saturated heterocycles. The van der Waals surface area contributed by atoms with Crippen LogP contribution in [0.25, 0.3) is 0 Å². The third kappa shape index (κ3) is 33.1. The first-order chi connectivity index (χ1) is 23.8. The fourth-order valence-electron chi connectivity index (χ4n) is 6.15. The second kappa shape index (κ2) is 36.0. The number of unbranched alkanes of at least 4 members (excludes halogenated alkanes) is 17. The number of hydrogen-bond acceptors (Lipinski definition) is 7. The van der Waals surface area contributed by atoms with Gasteiger partial charge in [0.05, 0.1) is 25.7 Å². The Kier molecular flexibility index (Phi) is 34.6. The maximum atomic E-state index is 13.2. The lowest BCUT2D eigenvalue weighted by Crippen LogP contribution is -2.32. The van der Waals surface area contributed by atoms with Crippen LogP contribution in [0.4, 0.5) is 4.79 Å². The SMILES string of the molecule is CCCCCCCCCCC(=O)OCCC(CCOC(=O)C(CCCCCCCC)CCCCCCCC)CNC(=O)OCCCN(C)C. The summed E-state index contributed by atoms with van der Waals surface area (Å²) in [5, 5.41) is 2.88. The molecule has 49 heavy (non-hydrogen) atoms. The molecule has 0 heterocycles. The van der Waals surface area contributed by atoms with Crippen LogP contribution in [-0.4, -0.2) is 69.9 Å². The standard InChI is InChI=1S/C41H80N2O6/c1-6-9-12-15-18-19-22-25-29-39(44)47-34-30-37(36-42-41(46)49-33-26-32-43(4)5)31-35-48-40(45)38(27-23-20-16-13-10-7-2)28-24-21-17-14-11-8-3/h37-38H,6-36H2,1-5H3,(H,42,46). The van der Waals surface area contributed by atoms with Gasteiger partial charge in [-0.3, -0.25) is 9.59 Å². The fraction of sp³-hybridized carbons (Fsp3) is 0.927. The molecule has 0 aliphatic carbocycles. The quantitative estimate of drug-likeness (QED) is 0.0396. The summed E-state index contributed by atoms with van der Waals surface area (Å²) in [5.74, 6) is -0.264. The molecule has 0 aromatic carbocycles. The fourth-order valence-corrected chi connectivity index (χ4v) is 6.15. The van der Waals surface area contributed by atoms with Gasteiger partial charge in [-0.1, -0.05) is 143 Å². The van der Waals surface area contributed by atoms with Crippen LogP contribution in [0.3, 0.4) is 0 Å². The average molecular weight is 697 g/mol. The van der Waals surface area contributed by atoms with Crippen molar-refractivity contribution in [3.8, 4) is 0 Å². The Hall–Kier alpha value is -1.83. The van der Waals surface area contributed by atoms with Crippen LogP contribution in [0.2, 0.25) is 0 Å². The van der Waals surface area contributed by atoms with Crippen LogP contribution in [0, 0.1) is 11.8 Å². The second-order valence-electron chi connectivity index (χ2n) is 14.5. The lowest BCUT2D eigenvalue weighted by atomic mass is 9.94. The summed E-state index contributed by atoms with van der Waals surface area (Å²) >= 11 is 0. The van der Waals surface area contributed by atoms with E-state index in [4.69, 9.17) is 14.2 Å². The van der Waals surface area contributed by atoms with Crippen LogP contribution in [0.15, 0.2) is 0 Å². The summed E-state index contributed by atoms with van der Waals surface area (Å²) < 4.78 is 16.8. The van der Waals surface area contributed by atoms with Gasteiger partial charge in [0, 0.05) is 19.5 Å². The van der Waals surface area contributed by atoms with E-state index in [2.05, 4.69) is 31.0 Å². The van der Waals surface area contributed by atoms with Gasteiger partial charge in [-0.15, -0.1) is 0 Å². The van der Waals surface area contributed by atoms with Crippen molar-refractivity contribution in [3.05, 3.63) is 0 Å². The maximum Gasteiger partial charge on any atom is 0.407 e. The van der Waals surface area contributed by atoms with Gasteiger partial charge >= 0.3 is 18.0 Å². The molecule has 1 atom stereocenters. The van der Waals surface area contributed by atoms with Gasteiger partial charge in [0.15, 0.2) is 0 Å². The molecule has 0 rings (SSSR count). The van der Waals surface area contributed by atoms with Crippen LogP contribution >= 0.6 is 0 Å². The van der Waals surface area contributed by atoms with E-state index in [1.54, 1.807) is 0 Å². The normalized spacial score (nSPS) is 12.0. The van der Waals surface area contributed by atoms with Gasteiger partial charge in [0.25, 0.3) is 0 Å². The van der Waals surface area contributed by atoms with E-state index in [0.29, 0.717) is 45.6 Å². The van der Waals surface area contributed by atoms with Crippen molar-refractivity contribution < 1.29 is 28.6 Å². The summed E-state index contributed by atoms with van der Waals surface area (Å²) in [6.07, 6.45) is 27.9. The molecule has 0 aromatic heterocycles. The highest BCUT2D eigenvalue weighted by Crippen LogP contribution is 2.21. The van der Waals surface area contributed by atoms with Gasteiger partial charge in [0.2, 0.25) is 0 Å². The highest BCUT2D eigenvalue weighted by Gasteiger charge is 2.21. The number of carbonyl (C=O) groups excluding carboxylic acids is 3. The van der Waals surface area contributed by atoms with E-state index in [1.807, 2.05) is 14.1 Å². The molecular formula is C41H80N2O6. The predicted octanol–water partition coefficient (Wildman–Crippen LogP) is 10.8. The van der Waals surface area contributed by atoms with Crippen molar-refractivity contribution in [2.45, 2.75) is 188 Å². The van der Waals surface area contributed by atoms with Crippen LogP contribution in [0.1, 0.15) is 188 Å². The Balaban J connectivity index is 4.83. The van der Waals surface area contributed by atoms with E-state index in [9.17, 15) is 14.4 Å². The van der Waals surface area contributed by atoms with Gasteiger partial charge in [-0.25, -0.2) is 4.79 Å². The first-order valence-corrected chi connectivity index (χ1v) is 20.7. The average Bonchev–Trinajstić information content (AvgIpc) is 3.08. The molecule has 1 unspecified atom stereocenters. The summed E-state index contributed by atoms with van der Waals surface area (Å²) in [7, 11) is 3.98. The number of esters is 2. The monoisotopic (exact) mass is 697 g/mol. The highest BCUT2D eigenvalue weighted by atomic mass is 16.5. The van der Waals surface area contributed by atoms with Crippen molar-refractivity contribution in [2.75, 3.05) is 47.0 Å². The number of nitrogens with zero attached hydrogens (tertiary/aromatic N) is 1. The van der Waals surface area contributed by atoms with E-state index in [1.165, 1.54) is 103 Å². The lowest BCUT2D eigenvalue weighted by Gasteiger charge is -2.20. The molecule has 8 nitrogen and oxygen atoms in total. The van der Waals surface area contributed by atoms with Crippen LogP contribution in [-0.2, 0) is 23.8 Å². The minimum atomic E-state index is -0.439. The Morgan fingerprint density at radius 2 is 1.00 bits per heavy atom. The van der Waals surface area contributed by atoms with Gasteiger partial charge < -0.3 is 24.4 Å². The molecule has 0 spiro atoms. The zero-order chi connectivity index (χ0) is 36.2. The number of ether oxygens (including phenoxy) is 3. The van der Waals surface area contributed by atoms with E-state index in [0.717, 1.165) is 51.5 Å². The number of amides is 1. The van der Waals surface area contributed by atoms with Crippen molar-refractivity contribution in [3.63, 3.8) is 0 Å². The molecule has 0 aromatic rings. The Morgan fingerprint density at radius 1 is 0.531 bits per heavy atom. The summed E-state index contributed by atoms with van der Waals surface area (Å²) in [6, 6.07) is 0. The Bertz CT molecular complexity index is 746. The molecule has 0 fully saturated rings. The predicted molar refractivity (Wildman–Crippen MR) is 204 cm³/mol. The van der Waals surface area contributed by atoms with Crippen LogP contribution < -0.4 is 5.32 Å². The van der Waals surface area contributed by atoms with Crippen molar-refractivity contribution in [2.24, 2.45) is 11.8 Å². The minimum Gasteiger partial charge on any atom is -0.466 e. The number of hydrogen-bond donors (Lipinski definition) is 1. The lowest BCUT2D eigenvalue weighted by molar-refractivity contribution is -0.149. The van der Waals surface area contributed by atoms with Gasteiger partial charge in [-0.2, -0.15) is 0 Å². The third-order valence-corrected chi connectivity index (χ3v) is 9.46. The smallest absolute Gasteiger partial charge is 0.407 e. The topological polar surface area (TPSA) is 94.2 Å². The third-order valence-electron chi connectivity index (χ3n) is 9.46. The minimum absolute atomic E-state index is 0.00799. The molecule has 1 amide bonds. The van der Waals surface area contributed by atoms with E-state index < -0.39 is 6.09 Å². The number of carbonyl (C=O) groups is 3.